The van der Waals surface area contributed by atoms with Crippen LogP contribution in [-0.2, 0) is 16.1 Å². The zero-order chi connectivity index (χ0) is 14.1. The molecular formula is C13H16NO4S-. The highest BCUT2D eigenvalue weighted by Crippen LogP contribution is 2.03. The number of hydrogen-bond donors (Lipinski definition) is 1. The summed E-state index contributed by atoms with van der Waals surface area (Å²) in [6.07, 6.45) is 1.42. The molecule has 0 spiro atoms. The first kappa shape index (κ1) is 15.4. The van der Waals surface area contributed by atoms with E-state index < -0.39 is 18.1 Å². The fraction of sp³-hybridized carbons (Fsp3) is 0.385. The molecule has 0 saturated heterocycles. The Balaban J connectivity index is 2.38. The van der Waals surface area contributed by atoms with Gasteiger partial charge < -0.3 is 20.0 Å². The Morgan fingerprint density at radius 1 is 1.37 bits per heavy atom. The van der Waals surface area contributed by atoms with Gasteiger partial charge >= 0.3 is 6.09 Å². The number of alkyl carbamates (subject to hydrolysis) is 1. The van der Waals surface area contributed by atoms with Crippen molar-refractivity contribution in [2.75, 3.05) is 12.0 Å². The van der Waals surface area contributed by atoms with E-state index in [9.17, 15) is 14.7 Å². The molecule has 0 saturated carbocycles. The SMILES string of the molecule is CSCCC(NC(=O)OCc1ccccc1)C(=O)[O-]. The van der Waals surface area contributed by atoms with Crippen LogP contribution in [0.4, 0.5) is 4.79 Å². The molecule has 1 N–H and O–H groups in total. The van der Waals surface area contributed by atoms with Gasteiger partial charge in [-0.3, -0.25) is 0 Å². The van der Waals surface area contributed by atoms with Gasteiger partial charge in [-0.05, 0) is 24.0 Å². The Labute approximate surface area is 116 Å². The van der Waals surface area contributed by atoms with Gasteiger partial charge in [0.15, 0.2) is 0 Å². The Kier molecular flexibility index (Phi) is 6.81. The van der Waals surface area contributed by atoms with Crippen LogP contribution in [0.25, 0.3) is 0 Å². The highest BCUT2D eigenvalue weighted by molar-refractivity contribution is 7.98. The Hall–Kier alpha value is -1.69. The molecule has 1 atom stereocenters. The van der Waals surface area contributed by atoms with Crippen molar-refractivity contribution in [3.05, 3.63) is 35.9 Å². The maximum atomic E-state index is 11.5. The number of carbonyl (C=O) groups excluding carboxylic acids is 2. The molecule has 0 aliphatic heterocycles. The second-order valence-corrected chi connectivity index (χ2v) is 4.84. The predicted octanol–water partition coefficient (Wildman–Crippen LogP) is 0.784. The van der Waals surface area contributed by atoms with E-state index in [1.165, 1.54) is 11.8 Å². The van der Waals surface area contributed by atoms with Gasteiger partial charge in [0, 0.05) is 0 Å². The molecule has 0 bridgehead atoms. The minimum atomic E-state index is -1.30. The molecule has 6 heteroatoms. The smallest absolute Gasteiger partial charge is 0.407 e. The van der Waals surface area contributed by atoms with E-state index in [4.69, 9.17) is 4.74 Å². The van der Waals surface area contributed by atoms with Crippen LogP contribution in [0.5, 0.6) is 0 Å². The average Bonchev–Trinajstić information content (AvgIpc) is 2.42. The number of aliphatic carboxylic acids is 1. The van der Waals surface area contributed by atoms with Crippen LogP contribution in [0.15, 0.2) is 30.3 Å². The number of nitrogens with one attached hydrogen (secondary N) is 1. The summed E-state index contributed by atoms with van der Waals surface area (Å²) in [4.78, 5) is 22.3. The summed E-state index contributed by atoms with van der Waals surface area (Å²) < 4.78 is 4.94. The van der Waals surface area contributed by atoms with Crippen LogP contribution in [0.2, 0.25) is 0 Å². The standard InChI is InChI=1S/C13H17NO4S/c1-19-8-7-11(12(15)16)14-13(17)18-9-10-5-3-2-4-6-10/h2-6,11H,7-9H2,1H3,(H,14,17)(H,15,16)/p-1. The highest BCUT2D eigenvalue weighted by atomic mass is 32.2. The monoisotopic (exact) mass is 282 g/mol. The molecule has 1 aromatic rings. The number of rotatable bonds is 7. The molecule has 1 amide bonds. The van der Waals surface area contributed by atoms with Gasteiger partial charge in [0.1, 0.15) is 6.61 Å². The van der Waals surface area contributed by atoms with Crippen molar-refractivity contribution >= 4 is 23.8 Å². The zero-order valence-electron chi connectivity index (χ0n) is 10.6. The molecule has 1 unspecified atom stereocenters. The normalized spacial score (nSPS) is 11.6. The van der Waals surface area contributed by atoms with E-state index in [1.807, 2.05) is 36.6 Å². The van der Waals surface area contributed by atoms with Crippen molar-refractivity contribution in [2.24, 2.45) is 0 Å². The minimum absolute atomic E-state index is 0.106. The summed E-state index contributed by atoms with van der Waals surface area (Å²) in [6.45, 7) is 0.106. The number of benzene rings is 1. The van der Waals surface area contributed by atoms with Crippen molar-refractivity contribution in [1.82, 2.24) is 5.32 Å². The number of thioether (sulfide) groups is 1. The van der Waals surface area contributed by atoms with Gasteiger partial charge in [0.2, 0.25) is 0 Å². The van der Waals surface area contributed by atoms with Gasteiger partial charge in [-0.15, -0.1) is 0 Å². The van der Waals surface area contributed by atoms with Crippen LogP contribution in [0.3, 0.4) is 0 Å². The summed E-state index contributed by atoms with van der Waals surface area (Å²) in [7, 11) is 0. The first-order chi connectivity index (χ1) is 9.13. The van der Waals surface area contributed by atoms with Crippen molar-refractivity contribution in [3.63, 3.8) is 0 Å². The fourth-order valence-electron chi connectivity index (χ4n) is 1.39. The Morgan fingerprint density at radius 2 is 2.05 bits per heavy atom. The molecular weight excluding hydrogens is 266 g/mol. The van der Waals surface area contributed by atoms with E-state index in [1.54, 1.807) is 0 Å². The maximum Gasteiger partial charge on any atom is 0.407 e. The highest BCUT2D eigenvalue weighted by Gasteiger charge is 2.13. The largest absolute Gasteiger partial charge is 0.548 e. The first-order valence-corrected chi connectivity index (χ1v) is 7.20. The number of ether oxygens (including phenoxy) is 1. The Bertz CT molecular complexity index is 410. The predicted molar refractivity (Wildman–Crippen MR) is 71.6 cm³/mol. The molecule has 0 aliphatic rings. The van der Waals surface area contributed by atoms with Crippen molar-refractivity contribution in [3.8, 4) is 0 Å². The lowest BCUT2D eigenvalue weighted by Gasteiger charge is -2.18. The summed E-state index contributed by atoms with van der Waals surface area (Å²) in [5.74, 6) is -0.678. The summed E-state index contributed by atoms with van der Waals surface area (Å²) in [5, 5.41) is 13.1. The third-order valence-corrected chi connectivity index (χ3v) is 3.04. The summed E-state index contributed by atoms with van der Waals surface area (Å²) in [5.41, 5.74) is 0.840. The van der Waals surface area contributed by atoms with E-state index >= 15 is 0 Å². The van der Waals surface area contributed by atoms with Gasteiger partial charge in [0.25, 0.3) is 0 Å². The topological polar surface area (TPSA) is 78.5 Å². The first-order valence-electron chi connectivity index (χ1n) is 5.80. The van der Waals surface area contributed by atoms with Gasteiger partial charge in [0.05, 0.1) is 12.0 Å². The molecule has 19 heavy (non-hydrogen) atoms. The second-order valence-electron chi connectivity index (χ2n) is 3.86. The number of hydrogen-bond acceptors (Lipinski definition) is 5. The van der Waals surface area contributed by atoms with Crippen molar-refractivity contribution in [1.29, 1.82) is 0 Å². The van der Waals surface area contributed by atoms with Crippen LogP contribution < -0.4 is 10.4 Å². The van der Waals surface area contributed by atoms with Gasteiger partial charge in [-0.1, -0.05) is 30.3 Å². The zero-order valence-corrected chi connectivity index (χ0v) is 11.4. The number of carbonyl (C=O) groups is 2. The second kappa shape index (κ2) is 8.42. The molecule has 104 valence electrons. The van der Waals surface area contributed by atoms with E-state index in [0.717, 1.165) is 5.56 Å². The van der Waals surface area contributed by atoms with E-state index in [-0.39, 0.29) is 6.61 Å². The molecule has 1 aromatic carbocycles. The van der Waals surface area contributed by atoms with Crippen LogP contribution in [0.1, 0.15) is 12.0 Å². The van der Waals surface area contributed by atoms with Gasteiger partial charge in [-0.25, -0.2) is 4.79 Å². The van der Waals surface area contributed by atoms with Gasteiger partial charge in [-0.2, -0.15) is 11.8 Å². The third-order valence-electron chi connectivity index (χ3n) is 2.40. The molecule has 5 nitrogen and oxygen atoms in total. The summed E-state index contributed by atoms with van der Waals surface area (Å²) >= 11 is 1.50. The lowest BCUT2D eigenvalue weighted by atomic mass is 10.2. The molecule has 0 aromatic heterocycles. The van der Waals surface area contributed by atoms with E-state index in [0.29, 0.717) is 12.2 Å². The number of carboxylic acids is 1. The molecule has 1 rings (SSSR count). The van der Waals surface area contributed by atoms with Crippen LogP contribution in [-0.4, -0.2) is 30.1 Å². The molecule has 0 fully saturated rings. The minimum Gasteiger partial charge on any atom is -0.548 e. The van der Waals surface area contributed by atoms with Crippen LogP contribution >= 0.6 is 11.8 Å². The molecule has 0 aliphatic carbocycles. The Morgan fingerprint density at radius 3 is 2.63 bits per heavy atom. The van der Waals surface area contributed by atoms with Crippen molar-refractivity contribution in [2.45, 2.75) is 19.1 Å². The van der Waals surface area contributed by atoms with Crippen LogP contribution in [0, 0.1) is 0 Å². The molecule has 0 heterocycles. The lowest BCUT2D eigenvalue weighted by Crippen LogP contribution is -2.48. The number of carboxylic acid groups (broad SMARTS) is 1. The maximum absolute atomic E-state index is 11.5. The van der Waals surface area contributed by atoms with E-state index in [2.05, 4.69) is 5.32 Å². The lowest BCUT2D eigenvalue weighted by molar-refractivity contribution is -0.308. The fourth-order valence-corrected chi connectivity index (χ4v) is 1.86. The quantitative estimate of drug-likeness (QED) is 0.799. The summed E-state index contributed by atoms with van der Waals surface area (Å²) in [6, 6.07) is 8.14. The number of amides is 1. The van der Waals surface area contributed by atoms with Crippen molar-refractivity contribution < 1.29 is 19.4 Å². The molecule has 0 radical (unpaired) electrons. The third kappa shape index (κ3) is 6.15. The average molecular weight is 282 g/mol.